The van der Waals surface area contributed by atoms with Gasteiger partial charge in [0.05, 0.1) is 11.6 Å². The van der Waals surface area contributed by atoms with Crippen LogP contribution in [0.2, 0.25) is 0 Å². The third-order valence-electron chi connectivity index (χ3n) is 3.62. The van der Waals surface area contributed by atoms with Crippen molar-refractivity contribution in [3.8, 4) is 0 Å². The van der Waals surface area contributed by atoms with Crippen LogP contribution >= 0.6 is 0 Å². The van der Waals surface area contributed by atoms with Crippen molar-refractivity contribution in [2.45, 2.75) is 31.8 Å². The topological polar surface area (TPSA) is 55.1 Å². The van der Waals surface area contributed by atoms with Crippen molar-refractivity contribution in [1.82, 2.24) is 5.32 Å². The zero-order chi connectivity index (χ0) is 15.3. The van der Waals surface area contributed by atoms with Gasteiger partial charge in [0.15, 0.2) is 0 Å². The molecular formula is C18H22N2O. The quantitative estimate of drug-likeness (QED) is 0.885. The van der Waals surface area contributed by atoms with Crippen molar-refractivity contribution < 1.29 is 4.79 Å². The van der Waals surface area contributed by atoms with E-state index in [-0.39, 0.29) is 5.91 Å². The maximum atomic E-state index is 12.1. The van der Waals surface area contributed by atoms with E-state index >= 15 is 0 Å². The van der Waals surface area contributed by atoms with Crippen LogP contribution in [0.1, 0.15) is 25.0 Å². The molecule has 0 spiro atoms. The molecule has 2 atom stereocenters. The zero-order valence-corrected chi connectivity index (χ0v) is 12.5. The van der Waals surface area contributed by atoms with Gasteiger partial charge in [0.2, 0.25) is 5.91 Å². The summed E-state index contributed by atoms with van der Waals surface area (Å²) in [6.07, 6.45) is 0.719. The van der Waals surface area contributed by atoms with Gasteiger partial charge >= 0.3 is 0 Å². The standard InChI is InChI=1S/C18H22N2O/c1-14(19)17(21)20-18(2,16-11-7-4-8-12-16)13-15-9-5-3-6-10-15/h3-12,14H,13,19H2,1-2H3,(H,20,21)/t14-,18?/m0/s1. The van der Waals surface area contributed by atoms with Crippen LogP contribution in [0, 0.1) is 0 Å². The first kappa shape index (κ1) is 15.3. The second-order valence-corrected chi connectivity index (χ2v) is 5.64. The fourth-order valence-corrected chi connectivity index (χ4v) is 2.41. The maximum Gasteiger partial charge on any atom is 0.237 e. The molecule has 0 aliphatic carbocycles. The van der Waals surface area contributed by atoms with E-state index in [1.165, 1.54) is 5.56 Å². The summed E-state index contributed by atoms with van der Waals surface area (Å²) in [5.74, 6) is -0.141. The number of carbonyl (C=O) groups excluding carboxylic acids is 1. The Labute approximate surface area is 126 Å². The molecule has 0 heterocycles. The third kappa shape index (κ3) is 3.92. The summed E-state index contributed by atoms with van der Waals surface area (Å²) >= 11 is 0. The molecule has 21 heavy (non-hydrogen) atoms. The maximum absolute atomic E-state index is 12.1. The summed E-state index contributed by atoms with van der Waals surface area (Å²) in [7, 11) is 0. The first-order valence-electron chi connectivity index (χ1n) is 7.18. The number of hydrogen-bond donors (Lipinski definition) is 2. The molecule has 2 rings (SSSR count). The molecule has 2 aromatic carbocycles. The first-order valence-corrected chi connectivity index (χ1v) is 7.18. The lowest BCUT2D eigenvalue weighted by Crippen LogP contribution is -2.50. The second kappa shape index (κ2) is 6.55. The summed E-state index contributed by atoms with van der Waals surface area (Å²) in [5, 5.41) is 3.09. The van der Waals surface area contributed by atoms with Crippen molar-refractivity contribution in [2.24, 2.45) is 5.73 Å². The van der Waals surface area contributed by atoms with Crippen molar-refractivity contribution in [2.75, 3.05) is 0 Å². The van der Waals surface area contributed by atoms with Crippen LogP contribution in [0.25, 0.3) is 0 Å². The molecule has 3 heteroatoms. The molecule has 3 N–H and O–H groups in total. The Kier molecular flexibility index (Phi) is 4.76. The minimum Gasteiger partial charge on any atom is -0.345 e. The molecule has 0 saturated carbocycles. The SMILES string of the molecule is C[C@H](N)C(=O)NC(C)(Cc1ccccc1)c1ccccc1. The van der Waals surface area contributed by atoms with Crippen molar-refractivity contribution in [1.29, 1.82) is 0 Å². The van der Waals surface area contributed by atoms with E-state index in [1.807, 2.05) is 55.5 Å². The summed E-state index contributed by atoms with van der Waals surface area (Å²) < 4.78 is 0. The van der Waals surface area contributed by atoms with Crippen molar-refractivity contribution >= 4 is 5.91 Å². The van der Waals surface area contributed by atoms with E-state index in [1.54, 1.807) is 6.92 Å². The van der Waals surface area contributed by atoms with Gasteiger partial charge in [-0.1, -0.05) is 60.7 Å². The van der Waals surface area contributed by atoms with Gasteiger partial charge in [-0.05, 0) is 31.4 Å². The predicted octanol–water partition coefficient (Wildman–Crippen LogP) is 2.61. The highest BCUT2D eigenvalue weighted by Crippen LogP contribution is 2.25. The predicted molar refractivity (Wildman–Crippen MR) is 85.7 cm³/mol. The van der Waals surface area contributed by atoms with Crippen LogP contribution in [-0.4, -0.2) is 11.9 Å². The van der Waals surface area contributed by atoms with E-state index in [9.17, 15) is 4.79 Å². The van der Waals surface area contributed by atoms with Gasteiger partial charge in [0.1, 0.15) is 0 Å². The number of amides is 1. The van der Waals surface area contributed by atoms with Gasteiger partial charge in [-0.25, -0.2) is 0 Å². The smallest absolute Gasteiger partial charge is 0.237 e. The van der Waals surface area contributed by atoms with E-state index in [0.29, 0.717) is 0 Å². The number of nitrogens with one attached hydrogen (secondary N) is 1. The van der Waals surface area contributed by atoms with Crippen molar-refractivity contribution in [3.05, 3.63) is 71.8 Å². The third-order valence-corrected chi connectivity index (χ3v) is 3.62. The lowest BCUT2D eigenvalue weighted by molar-refractivity contribution is -0.123. The van der Waals surface area contributed by atoms with Crippen LogP contribution in [0.15, 0.2) is 60.7 Å². The molecule has 1 unspecified atom stereocenters. The molecule has 1 amide bonds. The van der Waals surface area contributed by atoms with Crippen LogP contribution < -0.4 is 11.1 Å². The molecule has 0 bridgehead atoms. The Balaban J connectivity index is 2.32. The van der Waals surface area contributed by atoms with E-state index in [4.69, 9.17) is 5.73 Å². The fourth-order valence-electron chi connectivity index (χ4n) is 2.41. The number of carbonyl (C=O) groups is 1. The Morgan fingerprint density at radius 2 is 1.62 bits per heavy atom. The van der Waals surface area contributed by atoms with Gasteiger partial charge in [0, 0.05) is 0 Å². The molecule has 2 aromatic rings. The normalized spacial score (nSPS) is 15.0. The van der Waals surface area contributed by atoms with Crippen molar-refractivity contribution in [3.63, 3.8) is 0 Å². The highest BCUT2D eigenvalue weighted by atomic mass is 16.2. The Morgan fingerprint density at radius 1 is 1.10 bits per heavy atom. The molecule has 0 radical (unpaired) electrons. The number of hydrogen-bond acceptors (Lipinski definition) is 2. The second-order valence-electron chi connectivity index (χ2n) is 5.64. The molecule has 0 saturated heterocycles. The molecule has 110 valence electrons. The summed E-state index contributed by atoms with van der Waals surface area (Å²) in [6.45, 7) is 3.73. The summed E-state index contributed by atoms with van der Waals surface area (Å²) in [4.78, 5) is 12.1. The lowest BCUT2D eigenvalue weighted by atomic mass is 9.85. The molecule has 0 aliphatic rings. The summed E-state index contributed by atoms with van der Waals surface area (Å²) in [5.41, 5.74) is 7.47. The molecule has 0 aromatic heterocycles. The van der Waals surface area contributed by atoms with Gasteiger partial charge in [-0.15, -0.1) is 0 Å². The molecule has 0 fully saturated rings. The minimum atomic E-state index is -0.524. The average Bonchev–Trinajstić information content (AvgIpc) is 2.49. The number of benzene rings is 2. The van der Waals surface area contributed by atoms with Gasteiger partial charge in [-0.2, -0.15) is 0 Å². The number of rotatable bonds is 5. The monoisotopic (exact) mass is 282 g/mol. The van der Waals surface area contributed by atoms with Gasteiger partial charge in [0.25, 0.3) is 0 Å². The fraction of sp³-hybridized carbons (Fsp3) is 0.278. The van der Waals surface area contributed by atoms with E-state index in [2.05, 4.69) is 17.4 Å². The Bertz CT molecular complexity index is 581. The van der Waals surface area contributed by atoms with Gasteiger partial charge in [-0.3, -0.25) is 4.79 Å². The van der Waals surface area contributed by atoms with Crippen LogP contribution in [-0.2, 0) is 16.8 Å². The number of nitrogens with two attached hydrogens (primary N) is 1. The molecule has 0 aliphatic heterocycles. The Hall–Kier alpha value is -2.13. The summed E-state index contributed by atoms with van der Waals surface area (Å²) in [6, 6.07) is 19.6. The Morgan fingerprint density at radius 3 is 2.14 bits per heavy atom. The van der Waals surface area contributed by atoms with Crippen LogP contribution in [0.3, 0.4) is 0 Å². The van der Waals surface area contributed by atoms with E-state index in [0.717, 1.165) is 12.0 Å². The van der Waals surface area contributed by atoms with Crippen LogP contribution in [0.4, 0.5) is 0 Å². The zero-order valence-electron chi connectivity index (χ0n) is 12.5. The largest absolute Gasteiger partial charge is 0.345 e. The average molecular weight is 282 g/mol. The van der Waals surface area contributed by atoms with Crippen LogP contribution in [0.5, 0.6) is 0 Å². The van der Waals surface area contributed by atoms with E-state index < -0.39 is 11.6 Å². The molecule has 3 nitrogen and oxygen atoms in total. The molecular weight excluding hydrogens is 260 g/mol. The van der Waals surface area contributed by atoms with Gasteiger partial charge < -0.3 is 11.1 Å². The highest BCUT2D eigenvalue weighted by Gasteiger charge is 2.29. The lowest BCUT2D eigenvalue weighted by Gasteiger charge is -2.32. The minimum absolute atomic E-state index is 0.141. The highest BCUT2D eigenvalue weighted by molar-refractivity contribution is 5.82. The first-order chi connectivity index (χ1) is 10.0.